The molecule has 0 spiro atoms. The first kappa shape index (κ1) is 14.5. The standard InChI is InChI=1S/C13H26N2O2/c1-10(9-14)3-4-13(16)15-11(2)12-5-7-17-8-6-12/h10-12H,3-9,14H2,1-2H3,(H,15,16). The number of hydrogen-bond donors (Lipinski definition) is 2. The molecule has 0 bridgehead atoms. The van der Waals surface area contributed by atoms with Gasteiger partial charge < -0.3 is 15.8 Å². The quantitative estimate of drug-likeness (QED) is 0.737. The molecule has 2 unspecified atom stereocenters. The van der Waals surface area contributed by atoms with Crippen LogP contribution in [0.4, 0.5) is 0 Å². The molecule has 4 heteroatoms. The predicted molar refractivity (Wildman–Crippen MR) is 68.6 cm³/mol. The maximum Gasteiger partial charge on any atom is 0.220 e. The fourth-order valence-corrected chi connectivity index (χ4v) is 2.16. The van der Waals surface area contributed by atoms with E-state index >= 15 is 0 Å². The van der Waals surface area contributed by atoms with E-state index in [1.165, 1.54) is 0 Å². The maximum absolute atomic E-state index is 11.7. The normalized spacial score (nSPS) is 20.9. The molecular weight excluding hydrogens is 216 g/mol. The zero-order valence-electron chi connectivity index (χ0n) is 11.1. The number of carbonyl (C=O) groups excluding carboxylic acids is 1. The maximum atomic E-state index is 11.7. The molecule has 1 saturated heterocycles. The van der Waals surface area contributed by atoms with Crippen LogP contribution in [0.2, 0.25) is 0 Å². The number of amides is 1. The molecular formula is C13H26N2O2. The van der Waals surface area contributed by atoms with Crippen molar-refractivity contribution in [1.82, 2.24) is 5.32 Å². The second-order valence-corrected chi connectivity index (χ2v) is 5.19. The van der Waals surface area contributed by atoms with Gasteiger partial charge in [-0.2, -0.15) is 0 Å². The summed E-state index contributed by atoms with van der Waals surface area (Å²) >= 11 is 0. The lowest BCUT2D eigenvalue weighted by molar-refractivity contribution is -0.122. The van der Waals surface area contributed by atoms with Crippen molar-refractivity contribution in [2.45, 2.75) is 45.6 Å². The van der Waals surface area contributed by atoms with E-state index in [0.29, 0.717) is 24.8 Å². The van der Waals surface area contributed by atoms with Gasteiger partial charge >= 0.3 is 0 Å². The van der Waals surface area contributed by atoms with Crippen molar-refractivity contribution in [3.8, 4) is 0 Å². The highest BCUT2D eigenvalue weighted by atomic mass is 16.5. The Hall–Kier alpha value is -0.610. The number of nitrogens with two attached hydrogens (primary N) is 1. The van der Waals surface area contributed by atoms with Gasteiger partial charge in [0, 0.05) is 25.7 Å². The van der Waals surface area contributed by atoms with Gasteiger partial charge in [-0.05, 0) is 44.6 Å². The molecule has 3 N–H and O–H groups in total. The van der Waals surface area contributed by atoms with Crippen molar-refractivity contribution in [3.05, 3.63) is 0 Å². The second kappa shape index (κ2) is 7.67. The molecule has 0 aromatic carbocycles. The van der Waals surface area contributed by atoms with Crippen LogP contribution in [0, 0.1) is 11.8 Å². The largest absolute Gasteiger partial charge is 0.381 e. The summed E-state index contributed by atoms with van der Waals surface area (Å²) in [6.45, 7) is 6.49. The molecule has 1 fully saturated rings. The SMILES string of the molecule is CC(CN)CCC(=O)NC(C)C1CCOCC1. The lowest BCUT2D eigenvalue weighted by atomic mass is 9.93. The third kappa shape index (κ3) is 5.50. The molecule has 1 heterocycles. The van der Waals surface area contributed by atoms with E-state index in [2.05, 4.69) is 19.2 Å². The average molecular weight is 242 g/mol. The van der Waals surface area contributed by atoms with Crippen LogP contribution in [0.5, 0.6) is 0 Å². The summed E-state index contributed by atoms with van der Waals surface area (Å²) in [4.78, 5) is 11.7. The Bertz CT molecular complexity index is 227. The molecule has 2 atom stereocenters. The van der Waals surface area contributed by atoms with Crippen LogP contribution in [-0.4, -0.2) is 31.7 Å². The molecule has 17 heavy (non-hydrogen) atoms. The first-order valence-electron chi connectivity index (χ1n) is 6.70. The molecule has 4 nitrogen and oxygen atoms in total. The molecule has 0 aliphatic carbocycles. The zero-order chi connectivity index (χ0) is 12.7. The summed E-state index contributed by atoms with van der Waals surface area (Å²) in [6.07, 6.45) is 3.58. The van der Waals surface area contributed by atoms with Crippen LogP contribution in [0.25, 0.3) is 0 Å². The van der Waals surface area contributed by atoms with E-state index in [1.54, 1.807) is 0 Å². The Morgan fingerprint density at radius 3 is 2.65 bits per heavy atom. The highest BCUT2D eigenvalue weighted by Crippen LogP contribution is 2.18. The van der Waals surface area contributed by atoms with Gasteiger partial charge in [0.15, 0.2) is 0 Å². The minimum atomic E-state index is 0.157. The smallest absolute Gasteiger partial charge is 0.220 e. The molecule has 0 aromatic heterocycles. The topological polar surface area (TPSA) is 64.4 Å². The van der Waals surface area contributed by atoms with E-state index < -0.39 is 0 Å². The van der Waals surface area contributed by atoms with Crippen LogP contribution < -0.4 is 11.1 Å². The summed E-state index contributed by atoms with van der Waals surface area (Å²) in [5.74, 6) is 1.16. The van der Waals surface area contributed by atoms with E-state index in [-0.39, 0.29) is 11.9 Å². The summed E-state index contributed by atoms with van der Waals surface area (Å²) in [7, 11) is 0. The lowest BCUT2D eigenvalue weighted by Gasteiger charge is -2.28. The molecule has 1 amide bonds. The van der Waals surface area contributed by atoms with Crippen molar-refractivity contribution >= 4 is 5.91 Å². The number of rotatable bonds is 6. The summed E-state index contributed by atoms with van der Waals surface area (Å²) < 4.78 is 5.32. The fraction of sp³-hybridized carbons (Fsp3) is 0.923. The fourth-order valence-electron chi connectivity index (χ4n) is 2.16. The summed E-state index contributed by atoms with van der Waals surface area (Å²) in [6, 6.07) is 0.264. The number of carbonyl (C=O) groups is 1. The zero-order valence-corrected chi connectivity index (χ0v) is 11.1. The van der Waals surface area contributed by atoms with Crippen LogP contribution >= 0.6 is 0 Å². The van der Waals surface area contributed by atoms with Gasteiger partial charge in [0.25, 0.3) is 0 Å². The summed E-state index contributed by atoms with van der Waals surface area (Å²) in [5, 5.41) is 3.09. The Kier molecular flexibility index (Phi) is 6.52. The molecule has 0 aromatic rings. The van der Waals surface area contributed by atoms with Gasteiger partial charge in [0.05, 0.1) is 0 Å². The van der Waals surface area contributed by atoms with E-state index in [4.69, 9.17) is 10.5 Å². The molecule has 100 valence electrons. The monoisotopic (exact) mass is 242 g/mol. The van der Waals surface area contributed by atoms with Crippen molar-refractivity contribution in [2.75, 3.05) is 19.8 Å². The number of hydrogen-bond acceptors (Lipinski definition) is 3. The van der Waals surface area contributed by atoms with Crippen molar-refractivity contribution in [2.24, 2.45) is 17.6 Å². The van der Waals surface area contributed by atoms with Crippen molar-refractivity contribution in [1.29, 1.82) is 0 Å². The van der Waals surface area contributed by atoms with E-state index in [1.807, 2.05) is 0 Å². The molecule has 1 rings (SSSR count). The Labute approximate surface area is 104 Å². The van der Waals surface area contributed by atoms with Crippen LogP contribution in [0.3, 0.4) is 0 Å². The van der Waals surface area contributed by atoms with Crippen LogP contribution in [-0.2, 0) is 9.53 Å². The van der Waals surface area contributed by atoms with Crippen LogP contribution in [0.1, 0.15) is 39.5 Å². The van der Waals surface area contributed by atoms with Crippen molar-refractivity contribution < 1.29 is 9.53 Å². The third-order valence-corrected chi connectivity index (χ3v) is 3.63. The Balaban J connectivity index is 2.20. The lowest BCUT2D eigenvalue weighted by Crippen LogP contribution is -2.40. The van der Waals surface area contributed by atoms with E-state index in [0.717, 1.165) is 32.5 Å². The highest BCUT2D eigenvalue weighted by molar-refractivity contribution is 5.76. The van der Waals surface area contributed by atoms with Crippen LogP contribution in [0.15, 0.2) is 0 Å². The average Bonchev–Trinajstić information content (AvgIpc) is 2.36. The van der Waals surface area contributed by atoms with Gasteiger partial charge in [-0.3, -0.25) is 4.79 Å². The molecule has 1 aliphatic rings. The summed E-state index contributed by atoms with van der Waals surface area (Å²) in [5.41, 5.74) is 5.53. The predicted octanol–water partition coefficient (Wildman–Crippen LogP) is 1.29. The molecule has 1 aliphatic heterocycles. The van der Waals surface area contributed by atoms with Gasteiger partial charge in [0.1, 0.15) is 0 Å². The third-order valence-electron chi connectivity index (χ3n) is 3.63. The first-order chi connectivity index (χ1) is 8.13. The van der Waals surface area contributed by atoms with Gasteiger partial charge in [-0.1, -0.05) is 6.92 Å². The van der Waals surface area contributed by atoms with Crippen molar-refractivity contribution in [3.63, 3.8) is 0 Å². The Morgan fingerprint density at radius 1 is 1.41 bits per heavy atom. The number of nitrogens with one attached hydrogen (secondary N) is 1. The first-order valence-corrected chi connectivity index (χ1v) is 6.70. The molecule has 0 saturated carbocycles. The van der Waals surface area contributed by atoms with E-state index in [9.17, 15) is 4.79 Å². The van der Waals surface area contributed by atoms with Gasteiger partial charge in [-0.15, -0.1) is 0 Å². The molecule has 0 radical (unpaired) electrons. The number of ether oxygens (including phenoxy) is 1. The minimum Gasteiger partial charge on any atom is -0.381 e. The van der Waals surface area contributed by atoms with Gasteiger partial charge in [-0.25, -0.2) is 0 Å². The highest BCUT2D eigenvalue weighted by Gasteiger charge is 2.21. The van der Waals surface area contributed by atoms with Gasteiger partial charge in [0.2, 0.25) is 5.91 Å². The Morgan fingerprint density at radius 2 is 2.06 bits per heavy atom. The minimum absolute atomic E-state index is 0.157. The second-order valence-electron chi connectivity index (χ2n) is 5.19.